The third-order valence-electron chi connectivity index (χ3n) is 3.53. The summed E-state index contributed by atoms with van der Waals surface area (Å²) in [7, 11) is 0. The zero-order valence-corrected chi connectivity index (χ0v) is 12.7. The van der Waals surface area contributed by atoms with Crippen LogP contribution < -0.4 is 5.73 Å². The predicted octanol–water partition coefficient (Wildman–Crippen LogP) is 0.649. The van der Waals surface area contributed by atoms with Crippen LogP contribution in [0.4, 0.5) is 0 Å². The summed E-state index contributed by atoms with van der Waals surface area (Å²) in [6, 6.07) is -0.472. The van der Waals surface area contributed by atoms with E-state index in [0.717, 1.165) is 19.4 Å². The molecule has 0 aliphatic carbocycles. The molecule has 0 bridgehead atoms. The van der Waals surface area contributed by atoms with Gasteiger partial charge in [0.15, 0.2) is 0 Å². The molecular weight excluding hydrogens is 246 g/mol. The van der Waals surface area contributed by atoms with Gasteiger partial charge in [0.05, 0.1) is 37.1 Å². The summed E-state index contributed by atoms with van der Waals surface area (Å²) in [4.78, 5) is 0. The predicted molar refractivity (Wildman–Crippen MR) is 75.8 cm³/mol. The normalized spacial score (nSPS) is 26.2. The highest BCUT2D eigenvalue weighted by molar-refractivity contribution is 4.84. The lowest BCUT2D eigenvalue weighted by Crippen LogP contribution is -2.37. The Morgan fingerprint density at radius 2 is 1.84 bits per heavy atom. The molecule has 1 rings (SSSR count). The summed E-state index contributed by atoms with van der Waals surface area (Å²) in [5, 5.41) is 26.7. The molecule has 0 saturated carbocycles. The Hall–Kier alpha value is -0.200. The van der Waals surface area contributed by atoms with Crippen LogP contribution in [0.25, 0.3) is 0 Å². The Bertz CT molecular complexity index is 227. The van der Waals surface area contributed by atoms with E-state index >= 15 is 0 Å². The summed E-state index contributed by atoms with van der Waals surface area (Å²) in [5.74, 6) is 0.356. The minimum atomic E-state index is -0.556. The first kappa shape index (κ1) is 18.8. The largest absolute Gasteiger partial charge is 0.395 e. The van der Waals surface area contributed by atoms with E-state index < -0.39 is 12.1 Å². The van der Waals surface area contributed by atoms with Gasteiger partial charge in [-0.1, -0.05) is 13.8 Å². The Kier molecular flexibility index (Phi) is 8.78. The number of aliphatic hydroxyl groups is 3. The highest BCUT2D eigenvalue weighted by atomic mass is 16.5. The maximum absolute atomic E-state index is 9.51. The first-order valence-corrected chi connectivity index (χ1v) is 7.13. The van der Waals surface area contributed by atoms with Crippen LogP contribution in [0.1, 0.15) is 47.0 Å². The van der Waals surface area contributed by atoms with E-state index in [0.29, 0.717) is 12.3 Å². The van der Waals surface area contributed by atoms with Gasteiger partial charge in [0.2, 0.25) is 0 Å². The van der Waals surface area contributed by atoms with E-state index in [9.17, 15) is 5.11 Å². The lowest BCUT2D eigenvalue weighted by Gasteiger charge is -2.17. The summed E-state index contributed by atoms with van der Waals surface area (Å²) < 4.78 is 5.52. The zero-order chi connectivity index (χ0) is 15.1. The number of hydrogen-bond donors (Lipinski definition) is 4. The molecule has 0 radical (unpaired) electrons. The van der Waals surface area contributed by atoms with Crippen molar-refractivity contribution in [1.29, 1.82) is 0 Å². The quantitative estimate of drug-likeness (QED) is 0.592. The van der Waals surface area contributed by atoms with Crippen LogP contribution in [0.2, 0.25) is 0 Å². The summed E-state index contributed by atoms with van der Waals surface area (Å²) >= 11 is 0. The van der Waals surface area contributed by atoms with Gasteiger partial charge in [-0.25, -0.2) is 0 Å². The van der Waals surface area contributed by atoms with Crippen molar-refractivity contribution in [3.63, 3.8) is 0 Å². The molecule has 4 atom stereocenters. The zero-order valence-electron chi connectivity index (χ0n) is 12.7. The van der Waals surface area contributed by atoms with Crippen molar-refractivity contribution in [3.8, 4) is 0 Å². The summed E-state index contributed by atoms with van der Waals surface area (Å²) in [6.07, 6.45) is 1.70. The molecule has 1 aliphatic rings. The van der Waals surface area contributed by atoms with E-state index in [1.807, 2.05) is 13.8 Å². The SMILES string of the molecule is CCC(O)[C@H](N)CO.CCC(O)[C@H]1COC(C)(C)C1. The highest BCUT2D eigenvalue weighted by Gasteiger charge is 2.34. The summed E-state index contributed by atoms with van der Waals surface area (Å²) in [6.45, 7) is 8.57. The van der Waals surface area contributed by atoms with Crippen LogP contribution in [0.3, 0.4) is 0 Å². The summed E-state index contributed by atoms with van der Waals surface area (Å²) in [5.41, 5.74) is 5.21. The fourth-order valence-electron chi connectivity index (χ4n) is 2.09. The Morgan fingerprint density at radius 1 is 1.26 bits per heavy atom. The molecule has 2 unspecified atom stereocenters. The molecule has 0 aromatic carbocycles. The molecule has 5 nitrogen and oxygen atoms in total. The molecule has 0 aromatic rings. The molecule has 19 heavy (non-hydrogen) atoms. The molecule has 5 N–H and O–H groups in total. The van der Waals surface area contributed by atoms with Crippen molar-refractivity contribution in [2.45, 2.75) is 70.8 Å². The molecule has 0 aromatic heterocycles. The number of aliphatic hydroxyl groups excluding tert-OH is 3. The molecule has 5 heteroatoms. The van der Waals surface area contributed by atoms with Crippen molar-refractivity contribution >= 4 is 0 Å². The molecule has 1 saturated heterocycles. The van der Waals surface area contributed by atoms with E-state index in [1.54, 1.807) is 0 Å². The first-order chi connectivity index (χ1) is 8.77. The lowest BCUT2D eigenvalue weighted by molar-refractivity contribution is 0.0294. The molecule has 1 aliphatic heterocycles. The van der Waals surface area contributed by atoms with E-state index in [4.69, 9.17) is 20.7 Å². The molecule has 1 heterocycles. The van der Waals surface area contributed by atoms with Crippen LogP contribution in [0.5, 0.6) is 0 Å². The minimum absolute atomic E-state index is 0.0131. The second-order valence-corrected chi connectivity index (χ2v) is 5.83. The van der Waals surface area contributed by atoms with Gasteiger partial charge in [0, 0.05) is 5.92 Å². The van der Waals surface area contributed by atoms with Crippen molar-refractivity contribution < 1.29 is 20.1 Å². The van der Waals surface area contributed by atoms with Crippen molar-refractivity contribution in [1.82, 2.24) is 0 Å². The fraction of sp³-hybridized carbons (Fsp3) is 1.00. The van der Waals surface area contributed by atoms with Crippen LogP contribution in [0, 0.1) is 5.92 Å². The molecule has 0 spiro atoms. The Morgan fingerprint density at radius 3 is 2.11 bits per heavy atom. The first-order valence-electron chi connectivity index (χ1n) is 7.13. The standard InChI is InChI=1S/C9H18O2.C5H13NO2/c1-4-8(10)7-5-9(2,3)11-6-7;1-2-5(8)4(6)3-7/h7-8,10H,4-6H2,1-3H3;4-5,7-8H,2-3,6H2,1H3/t7-,8?;4-,5?/m11/s1. The smallest absolute Gasteiger partial charge is 0.0710 e. The molecule has 1 fully saturated rings. The van der Waals surface area contributed by atoms with Gasteiger partial charge in [0.25, 0.3) is 0 Å². The van der Waals surface area contributed by atoms with Crippen molar-refractivity contribution in [3.05, 3.63) is 0 Å². The molecule has 0 amide bonds. The van der Waals surface area contributed by atoms with Crippen LogP contribution >= 0.6 is 0 Å². The molecular formula is C14H31NO4. The van der Waals surface area contributed by atoms with Gasteiger partial charge in [0.1, 0.15) is 0 Å². The third-order valence-corrected chi connectivity index (χ3v) is 3.53. The fourth-order valence-corrected chi connectivity index (χ4v) is 2.09. The van der Waals surface area contributed by atoms with E-state index in [-0.39, 0.29) is 18.3 Å². The van der Waals surface area contributed by atoms with Gasteiger partial charge < -0.3 is 25.8 Å². The van der Waals surface area contributed by atoms with Gasteiger partial charge in [-0.2, -0.15) is 0 Å². The van der Waals surface area contributed by atoms with Crippen molar-refractivity contribution in [2.24, 2.45) is 11.7 Å². The number of rotatable bonds is 5. The van der Waals surface area contributed by atoms with E-state index in [1.165, 1.54) is 0 Å². The third kappa shape index (κ3) is 7.22. The monoisotopic (exact) mass is 277 g/mol. The van der Waals surface area contributed by atoms with E-state index in [2.05, 4.69) is 13.8 Å². The van der Waals surface area contributed by atoms with Crippen LogP contribution in [-0.2, 0) is 4.74 Å². The number of nitrogens with two attached hydrogens (primary N) is 1. The van der Waals surface area contributed by atoms with Gasteiger partial charge >= 0.3 is 0 Å². The Balaban J connectivity index is 0.000000362. The highest BCUT2D eigenvalue weighted by Crippen LogP contribution is 2.31. The van der Waals surface area contributed by atoms with Crippen LogP contribution in [0.15, 0.2) is 0 Å². The molecule has 116 valence electrons. The minimum Gasteiger partial charge on any atom is -0.395 e. The number of ether oxygens (including phenoxy) is 1. The van der Waals surface area contributed by atoms with Gasteiger partial charge in [-0.15, -0.1) is 0 Å². The number of hydrogen-bond acceptors (Lipinski definition) is 5. The maximum Gasteiger partial charge on any atom is 0.0710 e. The average molecular weight is 277 g/mol. The Labute approximate surface area is 116 Å². The lowest BCUT2D eigenvalue weighted by atomic mass is 9.92. The van der Waals surface area contributed by atoms with Gasteiger partial charge in [-0.05, 0) is 33.1 Å². The average Bonchev–Trinajstić information content (AvgIpc) is 2.76. The topological polar surface area (TPSA) is 95.9 Å². The van der Waals surface area contributed by atoms with Crippen molar-refractivity contribution in [2.75, 3.05) is 13.2 Å². The maximum atomic E-state index is 9.51. The second kappa shape index (κ2) is 8.87. The van der Waals surface area contributed by atoms with Crippen LogP contribution in [-0.4, -0.2) is 52.4 Å². The second-order valence-electron chi connectivity index (χ2n) is 5.83. The van der Waals surface area contributed by atoms with Gasteiger partial charge in [-0.3, -0.25) is 0 Å².